The first kappa shape index (κ1) is 12.0. The lowest BCUT2D eigenvalue weighted by Gasteiger charge is -2.29. The molecule has 1 unspecified atom stereocenters. The molecule has 1 atom stereocenters. The second-order valence-electron chi connectivity index (χ2n) is 5.76. The number of fused-ring (bicyclic) bond motifs is 1. The average molecular weight is 268 g/mol. The van der Waals surface area contributed by atoms with Crippen molar-refractivity contribution in [3.63, 3.8) is 0 Å². The molecule has 0 spiro atoms. The Morgan fingerprint density at radius 2 is 2.00 bits per heavy atom. The van der Waals surface area contributed by atoms with Crippen LogP contribution in [-0.2, 0) is 0 Å². The Morgan fingerprint density at radius 1 is 1.28 bits per heavy atom. The zero-order chi connectivity index (χ0) is 12.8. The number of hydrogen-bond acceptors (Lipinski definition) is 3. The first-order valence-corrected chi connectivity index (χ1v) is 6.80. The van der Waals surface area contributed by atoms with E-state index in [0.29, 0.717) is 16.5 Å². The third kappa shape index (κ3) is 2.01. The van der Waals surface area contributed by atoms with Gasteiger partial charge in [-0.2, -0.15) is 0 Å². The van der Waals surface area contributed by atoms with Gasteiger partial charge in [0.25, 0.3) is 0 Å². The van der Waals surface area contributed by atoms with E-state index in [-0.39, 0.29) is 6.79 Å². The van der Waals surface area contributed by atoms with E-state index in [0.717, 1.165) is 17.2 Å². The molecule has 0 bridgehead atoms. The molecule has 1 aromatic carbocycles. The van der Waals surface area contributed by atoms with E-state index in [1.54, 1.807) is 0 Å². The van der Waals surface area contributed by atoms with Gasteiger partial charge in [-0.1, -0.05) is 31.9 Å². The lowest BCUT2D eigenvalue weighted by molar-refractivity contribution is 0.174. The van der Waals surface area contributed by atoms with E-state index in [9.17, 15) is 0 Å². The molecule has 3 nitrogen and oxygen atoms in total. The number of benzene rings is 1. The minimum Gasteiger partial charge on any atom is -0.454 e. The second-order valence-corrected chi connectivity index (χ2v) is 6.17. The Labute approximate surface area is 112 Å². The summed E-state index contributed by atoms with van der Waals surface area (Å²) in [5, 5.41) is 4.26. The predicted molar refractivity (Wildman–Crippen MR) is 72.6 cm³/mol. The summed E-state index contributed by atoms with van der Waals surface area (Å²) in [6, 6.07) is 4.24. The van der Waals surface area contributed by atoms with Crippen LogP contribution in [0, 0.1) is 5.41 Å². The molecule has 1 fully saturated rings. The molecule has 18 heavy (non-hydrogen) atoms. The number of anilines is 1. The summed E-state index contributed by atoms with van der Waals surface area (Å²) < 4.78 is 10.7. The minimum atomic E-state index is 0.282. The van der Waals surface area contributed by atoms with Gasteiger partial charge in [0.2, 0.25) is 6.79 Å². The van der Waals surface area contributed by atoms with E-state index in [2.05, 4.69) is 19.2 Å². The first-order chi connectivity index (χ1) is 8.56. The van der Waals surface area contributed by atoms with Gasteiger partial charge in [0.05, 0.1) is 10.7 Å². The molecule has 1 N–H and O–H groups in total. The highest BCUT2D eigenvalue weighted by atomic mass is 35.5. The van der Waals surface area contributed by atoms with Gasteiger partial charge in [-0.15, -0.1) is 0 Å². The predicted octanol–water partition coefficient (Wildman–Crippen LogP) is 4.06. The van der Waals surface area contributed by atoms with E-state index < -0.39 is 0 Å². The van der Waals surface area contributed by atoms with Gasteiger partial charge >= 0.3 is 0 Å². The van der Waals surface area contributed by atoms with Crippen LogP contribution < -0.4 is 14.8 Å². The Kier molecular flexibility index (Phi) is 2.81. The van der Waals surface area contributed by atoms with Gasteiger partial charge in [-0.3, -0.25) is 0 Å². The standard InChI is InChI=1S/C14H18ClNO2/c1-14(2)5-3-4-13(14)16-10-7-12-11(6-9(10)15)17-8-18-12/h6-7,13,16H,3-5,8H2,1-2H3. The van der Waals surface area contributed by atoms with Crippen LogP contribution in [0.2, 0.25) is 5.02 Å². The molecule has 1 heterocycles. The monoisotopic (exact) mass is 267 g/mol. The zero-order valence-electron chi connectivity index (χ0n) is 10.8. The number of halogens is 1. The van der Waals surface area contributed by atoms with Crippen molar-refractivity contribution in [1.29, 1.82) is 0 Å². The van der Waals surface area contributed by atoms with Crippen molar-refractivity contribution in [3.8, 4) is 11.5 Å². The van der Waals surface area contributed by atoms with Crippen molar-refractivity contribution >= 4 is 17.3 Å². The molecule has 0 radical (unpaired) electrons. The molecule has 1 aliphatic heterocycles. The highest BCUT2D eigenvalue weighted by molar-refractivity contribution is 6.33. The van der Waals surface area contributed by atoms with Crippen LogP contribution in [0.1, 0.15) is 33.1 Å². The van der Waals surface area contributed by atoms with E-state index >= 15 is 0 Å². The lowest BCUT2D eigenvalue weighted by atomic mass is 9.87. The normalized spacial score (nSPS) is 24.3. The molecule has 0 aromatic heterocycles. The largest absolute Gasteiger partial charge is 0.454 e. The average Bonchev–Trinajstić information content (AvgIpc) is 2.86. The molecule has 3 rings (SSSR count). The maximum absolute atomic E-state index is 6.28. The number of hydrogen-bond donors (Lipinski definition) is 1. The minimum absolute atomic E-state index is 0.282. The zero-order valence-corrected chi connectivity index (χ0v) is 11.5. The fourth-order valence-corrected chi connectivity index (χ4v) is 3.02. The van der Waals surface area contributed by atoms with Crippen molar-refractivity contribution in [2.24, 2.45) is 5.41 Å². The number of ether oxygens (including phenoxy) is 2. The molecule has 2 aliphatic rings. The van der Waals surface area contributed by atoms with Crippen LogP contribution in [0.5, 0.6) is 11.5 Å². The molecule has 1 aromatic rings. The third-order valence-corrected chi connectivity index (χ3v) is 4.36. The van der Waals surface area contributed by atoms with Gasteiger partial charge < -0.3 is 14.8 Å². The summed E-state index contributed by atoms with van der Waals surface area (Å²) >= 11 is 6.28. The summed E-state index contributed by atoms with van der Waals surface area (Å²) in [6.07, 6.45) is 3.72. The summed E-state index contributed by atoms with van der Waals surface area (Å²) in [5.41, 5.74) is 1.26. The van der Waals surface area contributed by atoms with Crippen LogP contribution in [0.3, 0.4) is 0 Å². The molecule has 0 amide bonds. The highest BCUT2D eigenvalue weighted by Gasteiger charge is 2.34. The van der Waals surface area contributed by atoms with Crippen molar-refractivity contribution in [2.45, 2.75) is 39.2 Å². The van der Waals surface area contributed by atoms with Crippen molar-refractivity contribution in [3.05, 3.63) is 17.2 Å². The summed E-state index contributed by atoms with van der Waals surface area (Å²) in [4.78, 5) is 0. The van der Waals surface area contributed by atoms with Crippen molar-refractivity contribution in [1.82, 2.24) is 0 Å². The topological polar surface area (TPSA) is 30.5 Å². The maximum Gasteiger partial charge on any atom is 0.231 e. The molecule has 1 aliphatic carbocycles. The third-order valence-electron chi connectivity index (χ3n) is 4.05. The Balaban J connectivity index is 1.85. The van der Waals surface area contributed by atoms with Gasteiger partial charge in [0.1, 0.15) is 0 Å². The molecule has 98 valence electrons. The fourth-order valence-electron chi connectivity index (χ4n) is 2.81. The van der Waals surface area contributed by atoms with E-state index in [4.69, 9.17) is 21.1 Å². The van der Waals surface area contributed by atoms with Crippen LogP contribution in [0.25, 0.3) is 0 Å². The first-order valence-electron chi connectivity index (χ1n) is 6.42. The van der Waals surface area contributed by atoms with Crippen LogP contribution in [0.4, 0.5) is 5.69 Å². The van der Waals surface area contributed by atoms with Crippen molar-refractivity contribution < 1.29 is 9.47 Å². The Hall–Kier alpha value is -1.09. The lowest BCUT2D eigenvalue weighted by Crippen LogP contribution is -2.30. The molecular weight excluding hydrogens is 250 g/mol. The second kappa shape index (κ2) is 4.23. The summed E-state index contributed by atoms with van der Waals surface area (Å²) in [6.45, 7) is 4.89. The summed E-state index contributed by atoms with van der Waals surface area (Å²) in [7, 11) is 0. The van der Waals surface area contributed by atoms with Gasteiger partial charge in [0.15, 0.2) is 11.5 Å². The number of nitrogens with one attached hydrogen (secondary N) is 1. The van der Waals surface area contributed by atoms with Gasteiger partial charge in [-0.05, 0) is 18.3 Å². The Morgan fingerprint density at radius 3 is 2.67 bits per heavy atom. The maximum atomic E-state index is 6.28. The molecule has 0 saturated heterocycles. The van der Waals surface area contributed by atoms with Crippen molar-refractivity contribution in [2.75, 3.05) is 12.1 Å². The van der Waals surface area contributed by atoms with Crippen LogP contribution >= 0.6 is 11.6 Å². The highest BCUT2D eigenvalue weighted by Crippen LogP contribution is 2.43. The molecule has 1 saturated carbocycles. The molecule has 4 heteroatoms. The summed E-state index contributed by atoms with van der Waals surface area (Å²) in [5.74, 6) is 1.51. The number of rotatable bonds is 2. The Bertz CT molecular complexity index is 473. The van der Waals surface area contributed by atoms with Crippen LogP contribution in [0.15, 0.2) is 12.1 Å². The smallest absolute Gasteiger partial charge is 0.231 e. The fraction of sp³-hybridized carbons (Fsp3) is 0.571. The van der Waals surface area contributed by atoms with E-state index in [1.807, 2.05) is 12.1 Å². The molecular formula is C14H18ClNO2. The quantitative estimate of drug-likeness (QED) is 0.877. The van der Waals surface area contributed by atoms with E-state index in [1.165, 1.54) is 19.3 Å². The van der Waals surface area contributed by atoms with Crippen LogP contribution in [-0.4, -0.2) is 12.8 Å². The van der Waals surface area contributed by atoms with Gasteiger partial charge in [0, 0.05) is 18.2 Å². The van der Waals surface area contributed by atoms with Gasteiger partial charge in [-0.25, -0.2) is 0 Å². The SMILES string of the molecule is CC1(C)CCCC1Nc1cc2c(cc1Cl)OCO2.